The molecule has 1 N–H and O–H groups in total. The number of rotatable bonds is 2. The number of nitrogens with zero attached hydrogens (tertiary/aromatic N) is 1. The van der Waals surface area contributed by atoms with Gasteiger partial charge in [0.25, 0.3) is 0 Å². The molecule has 0 aliphatic heterocycles. The molecular formula is C36H22N2O. The van der Waals surface area contributed by atoms with Crippen LogP contribution < -0.4 is 0 Å². The van der Waals surface area contributed by atoms with Crippen LogP contribution >= 0.6 is 0 Å². The second-order valence-electron chi connectivity index (χ2n) is 9.49. The van der Waals surface area contributed by atoms with Crippen LogP contribution in [0.25, 0.3) is 82.4 Å². The summed E-state index contributed by atoms with van der Waals surface area (Å²) in [5.74, 6) is 0. The molecule has 0 saturated heterocycles. The zero-order chi connectivity index (χ0) is 34.2. The van der Waals surface area contributed by atoms with E-state index in [-0.39, 0.29) is 79.9 Å². The summed E-state index contributed by atoms with van der Waals surface area (Å²) in [5, 5.41) is 1.82. The van der Waals surface area contributed by atoms with E-state index < -0.39 is 24.2 Å². The molecule has 0 saturated carbocycles. The van der Waals surface area contributed by atoms with Crippen LogP contribution in [0.2, 0.25) is 0 Å². The number of hydrogen-bond acceptors (Lipinski definition) is 1. The van der Waals surface area contributed by atoms with E-state index >= 15 is 0 Å². The molecule has 3 heterocycles. The molecule has 0 aliphatic rings. The van der Waals surface area contributed by atoms with Crippen molar-refractivity contribution in [1.82, 2.24) is 9.55 Å². The van der Waals surface area contributed by atoms with Crippen molar-refractivity contribution in [3.05, 3.63) is 127 Å². The smallest absolute Gasteiger partial charge is 0.159 e. The number of furan rings is 1. The quantitative estimate of drug-likeness (QED) is 0.248. The van der Waals surface area contributed by atoms with Crippen molar-refractivity contribution in [2.75, 3.05) is 0 Å². The van der Waals surface area contributed by atoms with Crippen molar-refractivity contribution in [2.24, 2.45) is 0 Å². The number of fused-ring (bicyclic) bond motifs is 10. The highest BCUT2D eigenvalue weighted by molar-refractivity contribution is 6.23. The molecule has 182 valence electrons. The van der Waals surface area contributed by atoms with Gasteiger partial charge in [-0.2, -0.15) is 0 Å². The Morgan fingerprint density at radius 3 is 2.31 bits per heavy atom. The van der Waals surface area contributed by atoms with Crippen LogP contribution in [0.5, 0.6) is 0 Å². The first kappa shape index (κ1) is 13.5. The second kappa shape index (κ2) is 7.62. The SMILES string of the molecule is [2H]c1c([2H])c([2H])c2c([nH]c3c2c([2H])c([2H])c2c4c([2H])c([2H])c([2H])c([2H])c4n(-c4cc(-c5ccccc5)cc5c4oc4ccccc45)c32)c1[2H]. The van der Waals surface area contributed by atoms with Gasteiger partial charge in [0.15, 0.2) is 5.58 Å². The van der Waals surface area contributed by atoms with E-state index in [9.17, 15) is 2.74 Å². The molecule has 0 amide bonds. The van der Waals surface area contributed by atoms with Crippen molar-refractivity contribution in [2.45, 2.75) is 0 Å². The lowest BCUT2D eigenvalue weighted by atomic mass is 10.0. The molecule has 3 heteroatoms. The van der Waals surface area contributed by atoms with Gasteiger partial charge >= 0.3 is 0 Å². The Morgan fingerprint density at radius 2 is 1.38 bits per heavy atom. The van der Waals surface area contributed by atoms with E-state index in [0.717, 1.165) is 21.9 Å². The summed E-state index contributed by atoms with van der Waals surface area (Å²) in [6, 6.07) is 17.0. The van der Waals surface area contributed by atoms with E-state index in [4.69, 9.17) is 15.4 Å². The lowest BCUT2D eigenvalue weighted by Crippen LogP contribution is -1.96. The maximum Gasteiger partial charge on any atom is 0.159 e. The molecule has 0 unspecified atom stereocenters. The van der Waals surface area contributed by atoms with Gasteiger partial charge in [0.1, 0.15) is 5.58 Å². The minimum absolute atomic E-state index is 0.0361. The van der Waals surface area contributed by atoms with Crippen LogP contribution in [-0.2, 0) is 0 Å². The largest absolute Gasteiger partial charge is 0.454 e. The van der Waals surface area contributed by atoms with Crippen molar-refractivity contribution >= 4 is 65.6 Å². The predicted molar refractivity (Wildman–Crippen MR) is 163 cm³/mol. The number of nitrogens with one attached hydrogen (secondary N) is 1. The highest BCUT2D eigenvalue weighted by atomic mass is 16.3. The van der Waals surface area contributed by atoms with Crippen molar-refractivity contribution in [1.29, 1.82) is 0 Å². The third-order valence-corrected chi connectivity index (χ3v) is 7.40. The molecule has 0 spiro atoms. The average Bonchev–Trinajstić information content (AvgIpc) is 3.81. The molecule has 9 aromatic rings. The Morgan fingerprint density at radius 1 is 0.615 bits per heavy atom. The van der Waals surface area contributed by atoms with Crippen LogP contribution in [-0.4, -0.2) is 9.55 Å². The molecule has 9 rings (SSSR count). The second-order valence-corrected chi connectivity index (χ2v) is 9.49. The molecule has 0 bridgehead atoms. The van der Waals surface area contributed by atoms with Crippen LogP contribution in [0, 0.1) is 0 Å². The van der Waals surface area contributed by atoms with Gasteiger partial charge in [-0.05, 0) is 41.4 Å². The van der Waals surface area contributed by atoms with Crippen LogP contribution in [0.4, 0.5) is 0 Å². The summed E-state index contributed by atoms with van der Waals surface area (Å²) >= 11 is 0. The molecule has 0 atom stereocenters. The number of benzene rings is 6. The molecule has 0 aliphatic carbocycles. The Hall–Kier alpha value is -5.28. The van der Waals surface area contributed by atoms with Gasteiger partial charge in [-0.25, -0.2) is 0 Å². The van der Waals surface area contributed by atoms with Crippen LogP contribution in [0.15, 0.2) is 132 Å². The third-order valence-electron chi connectivity index (χ3n) is 7.40. The summed E-state index contributed by atoms with van der Waals surface area (Å²) in [7, 11) is 0. The van der Waals surface area contributed by atoms with E-state index in [2.05, 4.69) is 4.98 Å². The van der Waals surface area contributed by atoms with E-state index in [1.165, 1.54) is 0 Å². The normalized spacial score (nSPS) is 15.7. The van der Waals surface area contributed by atoms with Gasteiger partial charge in [0.2, 0.25) is 0 Å². The van der Waals surface area contributed by atoms with Crippen LogP contribution in [0.3, 0.4) is 0 Å². The fraction of sp³-hybridized carbons (Fsp3) is 0. The van der Waals surface area contributed by atoms with Gasteiger partial charge in [0.05, 0.1) is 35.9 Å². The summed E-state index contributed by atoms with van der Waals surface area (Å²) < 4.78 is 96.1. The summed E-state index contributed by atoms with van der Waals surface area (Å²) in [5.41, 5.74) is 3.63. The highest BCUT2D eigenvalue weighted by Gasteiger charge is 2.21. The fourth-order valence-corrected chi connectivity index (χ4v) is 5.70. The number of aromatic amines is 1. The topological polar surface area (TPSA) is 33.9 Å². The lowest BCUT2D eigenvalue weighted by molar-refractivity contribution is 0.666. The van der Waals surface area contributed by atoms with Crippen LogP contribution in [0.1, 0.15) is 13.7 Å². The summed E-state index contributed by atoms with van der Waals surface area (Å²) in [4.78, 5) is 3.14. The van der Waals surface area contributed by atoms with Gasteiger partial charge in [-0.1, -0.05) is 96.9 Å². The van der Waals surface area contributed by atoms with Crippen molar-refractivity contribution < 1.29 is 18.1 Å². The Labute approximate surface area is 237 Å². The van der Waals surface area contributed by atoms with Gasteiger partial charge in [-0.15, -0.1) is 0 Å². The number of aromatic nitrogens is 2. The Balaban J connectivity index is 1.62. The Bertz CT molecular complexity index is 2940. The minimum atomic E-state index is -0.495. The highest BCUT2D eigenvalue weighted by Crippen LogP contribution is 2.43. The van der Waals surface area contributed by atoms with Crippen molar-refractivity contribution in [3.63, 3.8) is 0 Å². The number of para-hydroxylation sites is 3. The molecule has 0 radical (unpaired) electrons. The maximum atomic E-state index is 9.30. The monoisotopic (exact) mass is 508 g/mol. The minimum Gasteiger partial charge on any atom is -0.454 e. The van der Waals surface area contributed by atoms with Gasteiger partial charge in [0, 0.05) is 37.8 Å². The van der Waals surface area contributed by atoms with E-state index in [1.807, 2.05) is 66.7 Å². The Kier molecular flexibility index (Phi) is 2.64. The lowest BCUT2D eigenvalue weighted by Gasteiger charge is -2.12. The standard InChI is InChI=1S/C36H22N2O/c1-2-10-22(11-3-1)23-20-29-26-14-6-9-17-33(26)39-36(29)32(21-23)38-31-16-8-5-13-25(31)28-19-18-27-24-12-4-7-15-30(24)37-34(27)35(28)38/h1-21,37H/i4D,5D,7D,8D,12D,13D,15D,16D,18D,19D. The summed E-state index contributed by atoms with van der Waals surface area (Å²) in [6.45, 7) is 0. The average molecular weight is 509 g/mol. The van der Waals surface area contributed by atoms with E-state index in [0.29, 0.717) is 16.9 Å². The molecule has 0 fully saturated rings. The molecular weight excluding hydrogens is 476 g/mol. The molecule has 39 heavy (non-hydrogen) atoms. The first-order valence-corrected chi connectivity index (χ1v) is 12.5. The first-order chi connectivity index (χ1) is 23.5. The third kappa shape index (κ3) is 2.82. The molecule has 6 aromatic carbocycles. The van der Waals surface area contributed by atoms with E-state index in [1.54, 1.807) is 4.57 Å². The zero-order valence-corrected chi connectivity index (χ0v) is 20.2. The summed E-state index contributed by atoms with van der Waals surface area (Å²) in [6.07, 6.45) is 0. The maximum absolute atomic E-state index is 9.30. The number of hydrogen-bond donors (Lipinski definition) is 1. The fourth-order valence-electron chi connectivity index (χ4n) is 5.70. The predicted octanol–water partition coefficient (Wildman–Crippen LogP) is 9.98. The number of H-pyrrole nitrogens is 1. The van der Waals surface area contributed by atoms with Gasteiger partial charge < -0.3 is 14.0 Å². The zero-order valence-electron chi connectivity index (χ0n) is 30.2. The van der Waals surface area contributed by atoms with Crippen molar-refractivity contribution in [3.8, 4) is 16.8 Å². The van der Waals surface area contributed by atoms with Gasteiger partial charge in [-0.3, -0.25) is 0 Å². The first-order valence-electron chi connectivity index (χ1n) is 17.5. The molecule has 3 aromatic heterocycles. The molecule has 3 nitrogen and oxygen atoms in total.